The standard InChI is InChI=1S/C14H22N2O4/c1-13(2)19-11-14(12-20-13,9-17-7-4-5-15)10-18-8-6-16-3/h4,6-12H2,1-2H3. The van der Waals surface area contributed by atoms with Gasteiger partial charge in [-0.25, -0.2) is 6.57 Å². The molecular formula is C14H22N2O4. The fraction of sp³-hybridized carbons (Fsp3) is 0.857. The van der Waals surface area contributed by atoms with Crippen LogP contribution in [0.1, 0.15) is 20.3 Å². The van der Waals surface area contributed by atoms with Gasteiger partial charge in [0.15, 0.2) is 5.79 Å². The molecule has 0 atom stereocenters. The first-order valence-electron chi connectivity index (χ1n) is 6.67. The van der Waals surface area contributed by atoms with Gasteiger partial charge in [0.2, 0.25) is 6.54 Å². The van der Waals surface area contributed by atoms with Crippen LogP contribution in [0, 0.1) is 23.3 Å². The zero-order valence-electron chi connectivity index (χ0n) is 12.2. The zero-order valence-corrected chi connectivity index (χ0v) is 12.2. The lowest BCUT2D eigenvalue weighted by Crippen LogP contribution is -2.51. The SMILES string of the molecule is [C-]#[N+]CCOCC1(COCCC#N)COC(C)(C)OC1. The average molecular weight is 282 g/mol. The summed E-state index contributed by atoms with van der Waals surface area (Å²) in [5, 5.41) is 8.50. The van der Waals surface area contributed by atoms with Crippen LogP contribution in [0.15, 0.2) is 0 Å². The van der Waals surface area contributed by atoms with Crippen molar-refractivity contribution in [1.29, 1.82) is 5.26 Å². The van der Waals surface area contributed by atoms with Gasteiger partial charge in [0.05, 0.1) is 50.9 Å². The predicted octanol–water partition coefficient (Wildman–Crippen LogP) is 1.62. The minimum atomic E-state index is -0.591. The van der Waals surface area contributed by atoms with Crippen LogP contribution in [0.5, 0.6) is 0 Å². The molecule has 0 aromatic heterocycles. The number of nitriles is 1. The first-order valence-corrected chi connectivity index (χ1v) is 6.67. The third-order valence-electron chi connectivity index (χ3n) is 2.97. The first kappa shape index (κ1) is 16.9. The van der Waals surface area contributed by atoms with Gasteiger partial charge in [0.25, 0.3) is 0 Å². The van der Waals surface area contributed by atoms with Gasteiger partial charge in [0.1, 0.15) is 6.61 Å². The van der Waals surface area contributed by atoms with Crippen molar-refractivity contribution in [2.24, 2.45) is 5.41 Å². The summed E-state index contributed by atoms with van der Waals surface area (Å²) in [6, 6.07) is 2.04. The third kappa shape index (κ3) is 5.85. The summed E-state index contributed by atoms with van der Waals surface area (Å²) in [5.74, 6) is -0.591. The van der Waals surface area contributed by atoms with Gasteiger partial charge < -0.3 is 23.8 Å². The molecule has 1 saturated heterocycles. The Morgan fingerprint density at radius 1 is 1.20 bits per heavy atom. The van der Waals surface area contributed by atoms with Crippen LogP contribution in [0.4, 0.5) is 0 Å². The van der Waals surface area contributed by atoms with Crippen molar-refractivity contribution >= 4 is 0 Å². The molecule has 0 aromatic rings. The Kier molecular flexibility index (Phi) is 6.90. The fourth-order valence-electron chi connectivity index (χ4n) is 1.75. The Morgan fingerprint density at radius 3 is 2.35 bits per heavy atom. The molecule has 0 unspecified atom stereocenters. The Morgan fingerprint density at radius 2 is 1.80 bits per heavy atom. The van der Waals surface area contributed by atoms with E-state index in [9.17, 15) is 0 Å². The van der Waals surface area contributed by atoms with Crippen molar-refractivity contribution in [2.75, 3.05) is 46.2 Å². The zero-order chi connectivity index (χ0) is 14.9. The highest BCUT2D eigenvalue weighted by atomic mass is 16.7. The lowest BCUT2D eigenvalue weighted by Gasteiger charge is -2.42. The van der Waals surface area contributed by atoms with Crippen molar-refractivity contribution in [3.63, 3.8) is 0 Å². The molecule has 1 heterocycles. The molecule has 0 saturated carbocycles. The van der Waals surface area contributed by atoms with E-state index in [2.05, 4.69) is 4.85 Å². The molecule has 1 aliphatic rings. The molecule has 0 amide bonds. The van der Waals surface area contributed by atoms with Gasteiger partial charge in [-0.1, -0.05) is 0 Å². The lowest BCUT2D eigenvalue weighted by molar-refractivity contribution is -0.298. The minimum Gasteiger partial charge on any atom is -0.380 e. The molecule has 112 valence electrons. The summed E-state index contributed by atoms with van der Waals surface area (Å²) in [4.78, 5) is 3.25. The molecule has 6 nitrogen and oxygen atoms in total. The Bertz CT molecular complexity index is 336. The maximum atomic E-state index is 8.50. The summed E-state index contributed by atoms with van der Waals surface area (Å²) in [6.07, 6.45) is 0.363. The number of nitrogens with zero attached hydrogens (tertiary/aromatic N) is 2. The van der Waals surface area contributed by atoms with Crippen LogP contribution in [0.2, 0.25) is 0 Å². The highest BCUT2D eigenvalue weighted by Gasteiger charge is 2.40. The van der Waals surface area contributed by atoms with E-state index in [0.717, 1.165) is 0 Å². The van der Waals surface area contributed by atoms with Crippen molar-refractivity contribution in [2.45, 2.75) is 26.1 Å². The van der Waals surface area contributed by atoms with E-state index in [0.29, 0.717) is 52.6 Å². The molecule has 1 aliphatic heterocycles. The molecule has 0 spiro atoms. The summed E-state index contributed by atoms with van der Waals surface area (Å²) in [5.41, 5.74) is -0.368. The molecule has 1 rings (SSSR count). The topological polar surface area (TPSA) is 65.1 Å². The molecule has 1 fully saturated rings. The van der Waals surface area contributed by atoms with Gasteiger partial charge in [0, 0.05) is 0 Å². The van der Waals surface area contributed by atoms with Gasteiger partial charge in [-0.2, -0.15) is 5.26 Å². The Labute approximate surface area is 120 Å². The number of hydrogen-bond donors (Lipinski definition) is 0. The third-order valence-corrected chi connectivity index (χ3v) is 2.97. The van der Waals surface area contributed by atoms with E-state index in [4.69, 9.17) is 30.8 Å². The average Bonchev–Trinajstić information content (AvgIpc) is 2.43. The highest BCUT2D eigenvalue weighted by Crippen LogP contribution is 2.30. The van der Waals surface area contributed by atoms with Crippen LogP contribution in [-0.4, -0.2) is 52.0 Å². The normalized spacial score (nSPS) is 20.0. The molecule has 0 N–H and O–H groups in total. The highest BCUT2D eigenvalue weighted by molar-refractivity contribution is 4.84. The molecule has 0 bridgehead atoms. The second kappa shape index (κ2) is 8.18. The van der Waals surface area contributed by atoms with Crippen LogP contribution in [0.3, 0.4) is 0 Å². The Hall–Kier alpha value is -1.18. The first-order chi connectivity index (χ1) is 9.54. The van der Waals surface area contributed by atoms with Gasteiger partial charge in [-0.15, -0.1) is 0 Å². The van der Waals surface area contributed by atoms with Crippen LogP contribution >= 0.6 is 0 Å². The second-order valence-electron chi connectivity index (χ2n) is 5.37. The number of hydrogen-bond acceptors (Lipinski definition) is 5. The quantitative estimate of drug-likeness (QED) is 0.500. The van der Waals surface area contributed by atoms with E-state index in [1.54, 1.807) is 0 Å². The maximum Gasteiger partial charge on any atom is 0.237 e. The number of ether oxygens (including phenoxy) is 4. The van der Waals surface area contributed by atoms with Crippen LogP contribution < -0.4 is 0 Å². The van der Waals surface area contributed by atoms with E-state index in [-0.39, 0.29) is 5.41 Å². The predicted molar refractivity (Wildman–Crippen MR) is 71.8 cm³/mol. The second-order valence-corrected chi connectivity index (χ2v) is 5.37. The molecule has 6 heteroatoms. The number of rotatable bonds is 8. The molecule has 20 heavy (non-hydrogen) atoms. The lowest BCUT2D eigenvalue weighted by atomic mass is 9.91. The molecular weight excluding hydrogens is 260 g/mol. The summed E-state index contributed by atoms with van der Waals surface area (Å²) in [7, 11) is 0. The van der Waals surface area contributed by atoms with Crippen LogP contribution in [-0.2, 0) is 18.9 Å². The Balaban J connectivity index is 2.46. The molecule has 0 radical (unpaired) electrons. The van der Waals surface area contributed by atoms with E-state index < -0.39 is 5.79 Å². The van der Waals surface area contributed by atoms with Crippen molar-refractivity contribution in [3.8, 4) is 6.07 Å². The van der Waals surface area contributed by atoms with E-state index in [1.165, 1.54) is 0 Å². The molecule has 0 aromatic carbocycles. The maximum absolute atomic E-state index is 8.50. The van der Waals surface area contributed by atoms with Gasteiger partial charge >= 0.3 is 0 Å². The van der Waals surface area contributed by atoms with Gasteiger partial charge in [-0.05, 0) is 13.8 Å². The summed E-state index contributed by atoms with van der Waals surface area (Å²) >= 11 is 0. The van der Waals surface area contributed by atoms with E-state index in [1.807, 2.05) is 19.9 Å². The van der Waals surface area contributed by atoms with Crippen molar-refractivity contribution < 1.29 is 18.9 Å². The molecule has 0 aliphatic carbocycles. The summed E-state index contributed by atoms with van der Waals surface area (Å²) < 4.78 is 22.4. The van der Waals surface area contributed by atoms with Crippen molar-refractivity contribution in [3.05, 3.63) is 11.4 Å². The summed E-state index contributed by atoms with van der Waals surface area (Å²) in [6.45, 7) is 13.4. The fourth-order valence-corrected chi connectivity index (χ4v) is 1.75. The van der Waals surface area contributed by atoms with E-state index >= 15 is 0 Å². The van der Waals surface area contributed by atoms with Crippen molar-refractivity contribution in [1.82, 2.24) is 0 Å². The smallest absolute Gasteiger partial charge is 0.237 e. The monoisotopic (exact) mass is 282 g/mol. The largest absolute Gasteiger partial charge is 0.380 e. The minimum absolute atomic E-state index is 0.346. The van der Waals surface area contributed by atoms with Gasteiger partial charge in [-0.3, -0.25) is 0 Å². The van der Waals surface area contributed by atoms with Crippen LogP contribution in [0.25, 0.3) is 4.85 Å².